The summed E-state index contributed by atoms with van der Waals surface area (Å²) in [5.41, 5.74) is 1.67. The van der Waals surface area contributed by atoms with Crippen LogP contribution in [-0.4, -0.2) is 36.1 Å². The first-order chi connectivity index (χ1) is 11.7. The van der Waals surface area contributed by atoms with E-state index < -0.39 is 0 Å². The van der Waals surface area contributed by atoms with Crippen LogP contribution >= 0.6 is 23.2 Å². The van der Waals surface area contributed by atoms with Crippen LogP contribution in [0.1, 0.15) is 0 Å². The lowest BCUT2D eigenvalue weighted by atomic mass is 10.1. The number of hydrogen-bond donors (Lipinski definition) is 1. The Hall–Kier alpha value is -1.88. The molecule has 2 heterocycles. The molecule has 0 saturated carbocycles. The van der Waals surface area contributed by atoms with E-state index in [1.165, 1.54) is 0 Å². The molecule has 0 amide bonds. The molecule has 6 heteroatoms. The maximum Gasteiger partial charge on any atom is 0.163 e. The lowest BCUT2D eigenvalue weighted by Gasteiger charge is -2.29. The summed E-state index contributed by atoms with van der Waals surface area (Å²) in [6, 6.07) is 13.4. The van der Waals surface area contributed by atoms with Gasteiger partial charge in [0.25, 0.3) is 0 Å². The smallest absolute Gasteiger partial charge is 0.163 e. The highest BCUT2D eigenvalue weighted by atomic mass is 35.5. The van der Waals surface area contributed by atoms with Gasteiger partial charge in [-0.3, -0.25) is 0 Å². The molecule has 0 radical (unpaired) electrons. The average molecular weight is 359 g/mol. The molecule has 1 aliphatic heterocycles. The van der Waals surface area contributed by atoms with Crippen LogP contribution in [0.3, 0.4) is 0 Å². The number of benzene rings is 2. The number of fused-ring (bicyclic) bond motifs is 1. The lowest BCUT2D eigenvalue weighted by molar-refractivity contribution is 0.586. The monoisotopic (exact) mass is 358 g/mol. The topological polar surface area (TPSA) is 41.1 Å². The van der Waals surface area contributed by atoms with Crippen molar-refractivity contribution in [3.8, 4) is 11.4 Å². The molecule has 24 heavy (non-hydrogen) atoms. The normalized spacial score (nSPS) is 15.0. The third kappa shape index (κ3) is 2.81. The van der Waals surface area contributed by atoms with Crippen molar-refractivity contribution in [1.82, 2.24) is 15.3 Å². The average Bonchev–Trinajstić information content (AvgIpc) is 2.62. The van der Waals surface area contributed by atoms with Crippen LogP contribution in [-0.2, 0) is 0 Å². The van der Waals surface area contributed by atoms with Gasteiger partial charge in [0, 0.05) is 31.7 Å². The molecule has 0 unspecified atom stereocenters. The van der Waals surface area contributed by atoms with Crippen molar-refractivity contribution in [1.29, 1.82) is 0 Å². The summed E-state index contributed by atoms with van der Waals surface area (Å²) >= 11 is 12.8. The number of anilines is 1. The molecule has 0 atom stereocenters. The van der Waals surface area contributed by atoms with E-state index in [9.17, 15) is 0 Å². The van der Waals surface area contributed by atoms with Gasteiger partial charge in [-0.2, -0.15) is 0 Å². The zero-order valence-corrected chi connectivity index (χ0v) is 14.5. The molecule has 1 saturated heterocycles. The molecule has 2 aromatic carbocycles. The Labute approximate surface area is 150 Å². The van der Waals surface area contributed by atoms with E-state index in [1.807, 2.05) is 42.5 Å². The largest absolute Gasteiger partial charge is 0.353 e. The Morgan fingerprint density at radius 3 is 2.42 bits per heavy atom. The molecular formula is C18H16Cl2N4. The van der Waals surface area contributed by atoms with Gasteiger partial charge in [-0.05, 0) is 24.3 Å². The van der Waals surface area contributed by atoms with Crippen LogP contribution in [0.15, 0.2) is 42.5 Å². The van der Waals surface area contributed by atoms with Crippen molar-refractivity contribution in [3.05, 3.63) is 52.5 Å². The number of nitrogens with zero attached hydrogens (tertiary/aromatic N) is 3. The predicted octanol–water partition coefficient (Wildman–Crippen LogP) is 4.01. The van der Waals surface area contributed by atoms with Gasteiger partial charge in [-0.15, -0.1) is 0 Å². The highest BCUT2D eigenvalue weighted by Crippen LogP contribution is 2.34. The molecule has 0 bridgehead atoms. The minimum atomic E-state index is 0.629. The van der Waals surface area contributed by atoms with Crippen LogP contribution in [0.2, 0.25) is 10.0 Å². The van der Waals surface area contributed by atoms with Crippen molar-refractivity contribution in [2.24, 2.45) is 0 Å². The van der Waals surface area contributed by atoms with Crippen LogP contribution in [0.5, 0.6) is 0 Å². The van der Waals surface area contributed by atoms with E-state index in [4.69, 9.17) is 33.2 Å². The predicted molar refractivity (Wildman–Crippen MR) is 100 cm³/mol. The molecular weight excluding hydrogens is 343 g/mol. The number of nitrogens with one attached hydrogen (secondary N) is 1. The van der Waals surface area contributed by atoms with Crippen LogP contribution in [0.25, 0.3) is 22.3 Å². The summed E-state index contributed by atoms with van der Waals surface area (Å²) < 4.78 is 0. The molecule has 1 fully saturated rings. The molecule has 1 aromatic heterocycles. The van der Waals surface area contributed by atoms with Crippen molar-refractivity contribution in [2.75, 3.05) is 31.1 Å². The SMILES string of the molecule is Clc1ccccc1-c1nc(N2CCNCC2)c2c(Cl)cccc2n1. The zero-order valence-electron chi connectivity index (χ0n) is 13.0. The number of piperazine rings is 1. The van der Waals surface area contributed by atoms with Crippen LogP contribution < -0.4 is 10.2 Å². The summed E-state index contributed by atoms with van der Waals surface area (Å²) in [7, 11) is 0. The van der Waals surface area contributed by atoms with Crippen molar-refractivity contribution in [2.45, 2.75) is 0 Å². The molecule has 1 N–H and O–H groups in total. The van der Waals surface area contributed by atoms with Gasteiger partial charge in [0.15, 0.2) is 5.82 Å². The molecule has 0 aliphatic carbocycles. The zero-order chi connectivity index (χ0) is 16.5. The molecule has 4 nitrogen and oxygen atoms in total. The van der Waals surface area contributed by atoms with E-state index in [1.54, 1.807) is 0 Å². The lowest BCUT2D eigenvalue weighted by Crippen LogP contribution is -2.44. The Bertz CT molecular complexity index is 891. The van der Waals surface area contributed by atoms with Gasteiger partial charge in [0.05, 0.1) is 20.9 Å². The Morgan fingerprint density at radius 1 is 0.875 bits per heavy atom. The van der Waals surface area contributed by atoms with E-state index in [0.29, 0.717) is 15.9 Å². The van der Waals surface area contributed by atoms with E-state index in [0.717, 1.165) is 48.5 Å². The van der Waals surface area contributed by atoms with Gasteiger partial charge < -0.3 is 10.2 Å². The molecule has 0 spiro atoms. The highest BCUT2D eigenvalue weighted by molar-refractivity contribution is 6.36. The van der Waals surface area contributed by atoms with Gasteiger partial charge >= 0.3 is 0 Å². The van der Waals surface area contributed by atoms with Crippen LogP contribution in [0.4, 0.5) is 5.82 Å². The van der Waals surface area contributed by atoms with E-state index in [-0.39, 0.29) is 0 Å². The quantitative estimate of drug-likeness (QED) is 0.751. The summed E-state index contributed by atoms with van der Waals surface area (Å²) in [6.07, 6.45) is 0. The van der Waals surface area contributed by atoms with Crippen molar-refractivity contribution >= 4 is 39.9 Å². The fraction of sp³-hybridized carbons (Fsp3) is 0.222. The van der Waals surface area contributed by atoms with Crippen LogP contribution in [0, 0.1) is 0 Å². The molecule has 1 aliphatic rings. The summed E-state index contributed by atoms with van der Waals surface area (Å²) in [5.74, 6) is 1.51. The summed E-state index contributed by atoms with van der Waals surface area (Å²) in [6.45, 7) is 3.63. The standard InChI is InChI=1S/C18H16Cl2N4/c19-13-5-2-1-4-12(13)17-22-15-7-3-6-14(20)16(15)18(23-17)24-10-8-21-9-11-24/h1-7,21H,8-11H2. The summed E-state index contributed by atoms with van der Waals surface area (Å²) in [4.78, 5) is 11.8. The van der Waals surface area contributed by atoms with E-state index >= 15 is 0 Å². The maximum atomic E-state index is 6.46. The van der Waals surface area contributed by atoms with Crippen molar-refractivity contribution in [3.63, 3.8) is 0 Å². The highest BCUT2D eigenvalue weighted by Gasteiger charge is 2.19. The fourth-order valence-electron chi connectivity index (χ4n) is 2.99. The number of hydrogen-bond acceptors (Lipinski definition) is 4. The third-order valence-electron chi connectivity index (χ3n) is 4.18. The first kappa shape index (κ1) is 15.6. The third-order valence-corrected chi connectivity index (χ3v) is 4.83. The Morgan fingerprint density at radius 2 is 1.62 bits per heavy atom. The summed E-state index contributed by atoms with van der Waals surface area (Å²) in [5, 5.41) is 5.58. The van der Waals surface area contributed by atoms with Gasteiger partial charge in [-0.25, -0.2) is 9.97 Å². The maximum absolute atomic E-state index is 6.46. The fourth-order valence-corrected chi connectivity index (χ4v) is 3.47. The van der Waals surface area contributed by atoms with E-state index in [2.05, 4.69) is 10.2 Å². The Balaban J connectivity index is 1.96. The second-order valence-corrected chi connectivity index (χ2v) is 6.54. The second-order valence-electron chi connectivity index (χ2n) is 5.72. The first-order valence-electron chi connectivity index (χ1n) is 7.91. The minimum Gasteiger partial charge on any atom is -0.353 e. The second kappa shape index (κ2) is 6.55. The van der Waals surface area contributed by atoms with Gasteiger partial charge in [0.2, 0.25) is 0 Å². The minimum absolute atomic E-state index is 0.629. The number of halogens is 2. The molecule has 4 rings (SSSR count). The molecule has 122 valence electrons. The van der Waals surface area contributed by atoms with Gasteiger partial charge in [0.1, 0.15) is 5.82 Å². The Kier molecular flexibility index (Phi) is 4.27. The number of rotatable bonds is 2. The molecule has 3 aromatic rings. The van der Waals surface area contributed by atoms with Crippen molar-refractivity contribution < 1.29 is 0 Å². The number of aromatic nitrogens is 2. The first-order valence-corrected chi connectivity index (χ1v) is 8.66. The van der Waals surface area contributed by atoms with Gasteiger partial charge in [-0.1, -0.05) is 41.4 Å².